The van der Waals surface area contributed by atoms with Crippen LogP contribution in [0.2, 0.25) is 0 Å². The summed E-state index contributed by atoms with van der Waals surface area (Å²) in [7, 11) is 0. The zero-order valence-electron chi connectivity index (χ0n) is 11.3. The molecule has 0 saturated heterocycles. The largest absolute Gasteiger partial charge is 0.363 e. The van der Waals surface area contributed by atoms with Crippen LogP contribution in [0.4, 0.5) is 17.3 Å². The van der Waals surface area contributed by atoms with Gasteiger partial charge in [-0.2, -0.15) is 0 Å². The van der Waals surface area contributed by atoms with Crippen LogP contribution >= 0.6 is 15.9 Å². The molecule has 0 unspecified atom stereocenters. The molecule has 0 radical (unpaired) electrons. The molecule has 104 valence electrons. The Labute approximate surface area is 126 Å². The SMILES string of the molecule is CC(=O)CNc1cc(Nc2ccc(C)cc2Br)ncn1. The van der Waals surface area contributed by atoms with Crippen LogP contribution in [-0.2, 0) is 4.79 Å². The van der Waals surface area contributed by atoms with Gasteiger partial charge in [0.05, 0.1) is 12.2 Å². The summed E-state index contributed by atoms with van der Waals surface area (Å²) < 4.78 is 0.967. The van der Waals surface area contributed by atoms with Gasteiger partial charge in [-0.1, -0.05) is 6.07 Å². The third-order valence-electron chi connectivity index (χ3n) is 2.57. The van der Waals surface area contributed by atoms with Gasteiger partial charge in [0.15, 0.2) is 0 Å². The van der Waals surface area contributed by atoms with Crippen molar-refractivity contribution in [2.75, 3.05) is 17.2 Å². The molecule has 2 aromatic rings. The smallest absolute Gasteiger partial charge is 0.148 e. The minimum Gasteiger partial charge on any atom is -0.363 e. The summed E-state index contributed by atoms with van der Waals surface area (Å²) in [5, 5.41) is 6.15. The van der Waals surface area contributed by atoms with Crippen LogP contribution in [0.1, 0.15) is 12.5 Å². The quantitative estimate of drug-likeness (QED) is 0.878. The van der Waals surface area contributed by atoms with E-state index in [2.05, 4.69) is 36.5 Å². The first kappa shape index (κ1) is 14.5. The molecule has 0 spiro atoms. The van der Waals surface area contributed by atoms with E-state index in [-0.39, 0.29) is 12.3 Å². The van der Waals surface area contributed by atoms with Crippen LogP contribution in [0.15, 0.2) is 35.1 Å². The first-order valence-corrected chi connectivity index (χ1v) is 6.92. The summed E-state index contributed by atoms with van der Waals surface area (Å²) in [5.41, 5.74) is 2.10. The number of aryl methyl sites for hydroxylation is 1. The number of carbonyl (C=O) groups is 1. The van der Waals surface area contributed by atoms with E-state index in [0.29, 0.717) is 11.6 Å². The van der Waals surface area contributed by atoms with Gasteiger partial charge < -0.3 is 10.6 Å². The molecule has 1 aromatic carbocycles. The zero-order valence-corrected chi connectivity index (χ0v) is 12.9. The molecular formula is C14H15BrN4O. The molecule has 0 aliphatic rings. The fourth-order valence-electron chi connectivity index (χ4n) is 1.60. The standard InChI is InChI=1S/C14H15BrN4O/c1-9-3-4-12(11(15)5-9)19-14-6-13(17-8-18-14)16-7-10(2)20/h3-6,8H,7H2,1-2H3,(H2,16,17,18,19). The third kappa shape index (κ3) is 4.03. The second-order valence-electron chi connectivity index (χ2n) is 4.45. The van der Waals surface area contributed by atoms with Crippen LogP contribution in [0.5, 0.6) is 0 Å². The number of ketones is 1. The average Bonchev–Trinajstić information content (AvgIpc) is 2.40. The Morgan fingerprint density at radius 1 is 1.25 bits per heavy atom. The van der Waals surface area contributed by atoms with E-state index in [4.69, 9.17) is 0 Å². The third-order valence-corrected chi connectivity index (χ3v) is 3.23. The summed E-state index contributed by atoms with van der Waals surface area (Å²) in [5.74, 6) is 1.33. The highest BCUT2D eigenvalue weighted by atomic mass is 79.9. The summed E-state index contributed by atoms with van der Waals surface area (Å²) >= 11 is 3.51. The van der Waals surface area contributed by atoms with E-state index in [9.17, 15) is 4.79 Å². The highest BCUT2D eigenvalue weighted by molar-refractivity contribution is 9.10. The predicted molar refractivity (Wildman–Crippen MR) is 83.4 cm³/mol. The van der Waals surface area contributed by atoms with E-state index in [1.165, 1.54) is 18.8 Å². The van der Waals surface area contributed by atoms with Crippen LogP contribution in [0.3, 0.4) is 0 Å². The van der Waals surface area contributed by atoms with Crippen LogP contribution in [-0.4, -0.2) is 22.3 Å². The van der Waals surface area contributed by atoms with Crippen molar-refractivity contribution in [2.24, 2.45) is 0 Å². The van der Waals surface area contributed by atoms with Crippen molar-refractivity contribution in [3.8, 4) is 0 Å². The van der Waals surface area contributed by atoms with E-state index in [1.807, 2.05) is 25.1 Å². The molecule has 0 bridgehead atoms. The number of carbonyl (C=O) groups excluding carboxylic acids is 1. The lowest BCUT2D eigenvalue weighted by atomic mass is 10.2. The van der Waals surface area contributed by atoms with Gasteiger partial charge in [-0.05, 0) is 47.5 Å². The Kier molecular flexibility index (Phi) is 4.68. The van der Waals surface area contributed by atoms with Crippen molar-refractivity contribution in [1.29, 1.82) is 0 Å². The number of halogens is 1. The number of rotatable bonds is 5. The summed E-state index contributed by atoms with van der Waals surface area (Å²) in [4.78, 5) is 19.2. The maximum Gasteiger partial charge on any atom is 0.148 e. The van der Waals surface area contributed by atoms with Crippen molar-refractivity contribution >= 4 is 39.0 Å². The van der Waals surface area contributed by atoms with Crippen LogP contribution in [0.25, 0.3) is 0 Å². The number of hydrogen-bond acceptors (Lipinski definition) is 5. The number of aromatic nitrogens is 2. The van der Waals surface area contributed by atoms with E-state index in [1.54, 1.807) is 6.07 Å². The van der Waals surface area contributed by atoms with Crippen molar-refractivity contribution < 1.29 is 4.79 Å². The Bertz CT molecular complexity index is 630. The lowest BCUT2D eigenvalue weighted by Crippen LogP contribution is -2.11. The normalized spacial score (nSPS) is 10.2. The van der Waals surface area contributed by atoms with E-state index < -0.39 is 0 Å². The van der Waals surface area contributed by atoms with Gasteiger partial charge in [0.2, 0.25) is 0 Å². The van der Waals surface area contributed by atoms with Gasteiger partial charge in [-0.15, -0.1) is 0 Å². The molecule has 0 amide bonds. The summed E-state index contributed by atoms with van der Waals surface area (Å²) in [6.45, 7) is 3.81. The molecule has 0 fully saturated rings. The number of nitrogens with one attached hydrogen (secondary N) is 2. The minimum absolute atomic E-state index is 0.0550. The monoisotopic (exact) mass is 334 g/mol. The topological polar surface area (TPSA) is 66.9 Å². The number of benzene rings is 1. The van der Waals surface area contributed by atoms with E-state index >= 15 is 0 Å². The molecule has 20 heavy (non-hydrogen) atoms. The molecule has 2 rings (SSSR count). The second-order valence-corrected chi connectivity index (χ2v) is 5.31. The summed E-state index contributed by atoms with van der Waals surface area (Å²) in [6, 6.07) is 7.78. The fourth-order valence-corrected chi connectivity index (χ4v) is 2.19. The van der Waals surface area contributed by atoms with Gasteiger partial charge in [0.1, 0.15) is 23.7 Å². The second kappa shape index (κ2) is 6.47. The number of anilines is 3. The number of nitrogens with zero attached hydrogens (tertiary/aromatic N) is 2. The Hall–Kier alpha value is -1.95. The molecule has 6 heteroatoms. The highest BCUT2D eigenvalue weighted by Gasteiger charge is 2.03. The van der Waals surface area contributed by atoms with Crippen LogP contribution in [0, 0.1) is 6.92 Å². The lowest BCUT2D eigenvalue weighted by Gasteiger charge is -2.09. The van der Waals surface area contributed by atoms with Crippen molar-refractivity contribution in [3.05, 3.63) is 40.6 Å². The number of hydrogen-bond donors (Lipinski definition) is 2. The van der Waals surface area contributed by atoms with Crippen LogP contribution < -0.4 is 10.6 Å². The maximum atomic E-state index is 10.9. The molecule has 2 N–H and O–H groups in total. The van der Waals surface area contributed by atoms with Gasteiger partial charge >= 0.3 is 0 Å². The Morgan fingerprint density at radius 3 is 2.70 bits per heavy atom. The molecule has 1 aromatic heterocycles. The molecule has 0 saturated carbocycles. The summed E-state index contributed by atoms with van der Waals surface area (Å²) in [6.07, 6.45) is 1.45. The highest BCUT2D eigenvalue weighted by Crippen LogP contribution is 2.26. The number of Topliss-reactive ketones (excluding diaryl/α,β-unsaturated/α-hetero) is 1. The lowest BCUT2D eigenvalue weighted by molar-refractivity contribution is -0.115. The van der Waals surface area contributed by atoms with Crippen molar-refractivity contribution in [1.82, 2.24) is 9.97 Å². The molecule has 0 aliphatic heterocycles. The zero-order chi connectivity index (χ0) is 14.5. The van der Waals surface area contributed by atoms with Gasteiger partial charge in [-0.25, -0.2) is 9.97 Å². The minimum atomic E-state index is 0.0550. The van der Waals surface area contributed by atoms with Gasteiger partial charge in [-0.3, -0.25) is 4.79 Å². The molecule has 0 aliphatic carbocycles. The van der Waals surface area contributed by atoms with E-state index in [0.717, 1.165) is 10.2 Å². The molecule has 5 nitrogen and oxygen atoms in total. The molecule has 1 heterocycles. The molecular weight excluding hydrogens is 320 g/mol. The first-order valence-electron chi connectivity index (χ1n) is 6.13. The fraction of sp³-hybridized carbons (Fsp3) is 0.214. The predicted octanol–water partition coefficient (Wildman–Crippen LogP) is 3.29. The van der Waals surface area contributed by atoms with Gasteiger partial charge in [0.25, 0.3) is 0 Å². The van der Waals surface area contributed by atoms with Crippen molar-refractivity contribution in [2.45, 2.75) is 13.8 Å². The first-order chi connectivity index (χ1) is 9.54. The Morgan fingerprint density at radius 2 is 2.00 bits per heavy atom. The Balaban J connectivity index is 2.13. The van der Waals surface area contributed by atoms with Crippen molar-refractivity contribution in [3.63, 3.8) is 0 Å². The average molecular weight is 335 g/mol. The maximum absolute atomic E-state index is 10.9. The molecule has 0 atom stereocenters. The van der Waals surface area contributed by atoms with Gasteiger partial charge in [0, 0.05) is 10.5 Å².